The molecule has 82 valence electrons. The van der Waals surface area contributed by atoms with Crippen LogP contribution in [0.25, 0.3) is 0 Å². The Hall–Kier alpha value is -1.02. The second-order valence-corrected chi connectivity index (χ2v) is 4.71. The molecule has 15 heavy (non-hydrogen) atoms. The second kappa shape index (κ2) is 4.23. The minimum Gasteiger partial charge on any atom is -0.371 e. The maximum absolute atomic E-state index is 5.75. The molecule has 0 unspecified atom stereocenters. The summed E-state index contributed by atoms with van der Waals surface area (Å²) >= 11 is 0. The lowest BCUT2D eigenvalue weighted by molar-refractivity contribution is 0.622. The monoisotopic (exact) mass is 204 g/mol. The van der Waals surface area contributed by atoms with Crippen molar-refractivity contribution < 1.29 is 0 Å². The quantitative estimate of drug-likeness (QED) is 0.817. The number of hydrogen-bond donors (Lipinski definition) is 1. The van der Waals surface area contributed by atoms with Crippen LogP contribution in [0.15, 0.2) is 18.2 Å². The highest BCUT2D eigenvalue weighted by atomic mass is 15.1. The average Bonchev–Trinajstić information content (AvgIpc) is 2.61. The summed E-state index contributed by atoms with van der Waals surface area (Å²) in [6.45, 7) is 7.51. The zero-order chi connectivity index (χ0) is 10.8. The van der Waals surface area contributed by atoms with Gasteiger partial charge in [-0.15, -0.1) is 0 Å². The summed E-state index contributed by atoms with van der Waals surface area (Å²) in [7, 11) is 0. The van der Waals surface area contributed by atoms with E-state index in [2.05, 4.69) is 36.9 Å². The van der Waals surface area contributed by atoms with E-state index in [0.29, 0.717) is 6.54 Å². The van der Waals surface area contributed by atoms with Crippen molar-refractivity contribution in [1.82, 2.24) is 0 Å². The zero-order valence-electron chi connectivity index (χ0n) is 9.66. The van der Waals surface area contributed by atoms with Crippen LogP contribution in [0, 0.1) is 5.92 Å². The van der Waals surface area contributed by atoms with Crippen molar-refractivity contribution in [2.75, 3.05) is 18.0 Å². The fourth-order valence-electron chi connectivity index (χ4n) is 2.39. The van der Waals surface area contributed by atoms with Crippen LogP contribution in [-0.2, 0) is 13.0 Å². The molecule has 1 heterocycles. The molecule has 0 aliphatic carbocycles. The molecule has 0 aromatic heterocycles. The lowest BCUT2D eigenvalue weighted by Gasteiger charge is -2.21. The largest absolute Gasteiger partial charge is 0.371 e. The van der Waals surface area contributed by atoms with Crippen LogP contribution in [0.2, 0.25) is 0 Å². The van der Waals surface area contributed by atoms with Gasteiger partial charge >= 0.3 is 0 Å². The Morgan fingerprint density at radius 2 is 2.20 bits per heavy atom. The summed E-state index contributed by atoms with van der Waals surface area (Å²) in [5.74, 6) is 0.720. The highest BCUT2D eigenvalue weighted by molar-refractivity contribution is 5.60. The van der Waals surface area contributed by atoms with Crippen molar-refractivity contribution >= 4 is 5.69 Å². The highest BCUT2D eigenvalue weighted by Gasteiger charge is 2.21. The van der Waals surface area contributed by atoms with Crippen LogP contribution >= 0.6 is 0 Å². The minimum absolute atomic E-state index is 0.665. The summed E-state index contributed by atoms with van der Waals surface area (Å²) in [6, 6.07) is 6.50. The predicted octanol–water partition coefficient (Wildman–Crippen LogP) is 2.16. The summed E-state index contributed by atoms with van der Waals surface area (Å²) in [5, 5.41) is 0. The van der Waals surface area contributed by atoms with Gasteiger partial charge < -0.3 is 10.6 Å². The van der Waals surface area contributed by atoms with E-state index < -0.39 is 0 Å². The lowest BCUT2D eigenvalue weighted by atomic mass is 10.1. The van der Waals surface area contributed by atoms with Crippen molar-refractivity contribution in [3.8, 4) is 0 Å². The van der Waals surface area contributed by atoms with E-state index in [1.165, 1.54) is 16.8 Å². The molecular formula is C13H20N2. The van der Waals surface area contributed by atoms with Gasteiger partial charge in [-0.25, -0.2) is 0 Å². The van der Waals surface area contributed by atoms with Crippen molar-refractivity contribution in [2.24, 2.45) is 11.7 Å². The molecular weight excluding hydrogens is 184 g/mol. The van der Waals surface area contributed by atoms with Gasteiger partial charge in [0.05, 0.1) is 0 Å². The Morgan fingerprint density at radius 3 is 2.87 bits per heavy atom. The number of anilines is 1. The third-order valence-electron chi connectivity index (χ3n) is 3.03. The smallest absolute Gasteiger partial charge is 0.0402 e. The Kier molecular flexibility index (Phi) is 2.96. The summed E-state index contributed by atoms with van der Waals surface area (Å²) < 4.78 is 0. The molecule has 0 saturated heterocycles. The van der Waals surface area contributed by atoms with Gasteiger partial charge in [0, 0.05) is 25.3 Å². The normalized spacial score (nSPS) is 14.8. The first-order valence-electron chi connectivity index (χ1n) is 5.78. The fourth-order valence-corrected chi connectivity index (χ4v) is 2.39. The number of hydrogen-bond acceptors (Lipinski definition) is 2. The third kappa shape index (κ3) is 2.00. The standard InChI is InChI=1S/C13H20N2/c1-10(2)9-15-7-6-12-11(8-14)4-3-5-13(12)15/h3-5,10H,6-9,14H2,1-2H3. The van der Waals surface area contributed by atoms with E-state index in [9.17, 15) is 0 Å². The van der Waals surface area contributed by atoms with Crippen LogP contribution in [0.1, 0.15) is 25.0 Å². The topological polar surface area (TPSA) is 29.3 Å². The first kappa shape index (κ1) is 10.5. The molecule has 2 N–H and O–H groups in total. The molecule has 1 aromatic carbocycles. The molecule has 1 aliphatic rings. The summed E-state index contributed by atoms with van der Waals surface area (Å²) in [4.78, 5) is 2.49. The molecule has 0 atom stereocenters. The first-order valence-corrected chi connectivity index (χ1v) is 5.78. The molecule has 0 amide bonds. The van der Waals surface area contributed by atoms with Crippen molar-refractivity contribution in [1.29, 1.82) is 0 Å². The van der Waals surface area contributed by atoms with Gasteiger partial charge in [0.15, 0.2) is 0 Å². The summed E-state index contributed by atoms with van der Waals surface area (Å²) in [6.07, 6.45) is 1.16. The number of nitrogens with two attached hydrogens (primary N) is 1. The van der Waals surface area contributed by atoms with E-state index >= 15 is 0 Å². The maximum atomic E-state index is 5.75. The first-order chi connectivity index (χ1) is 7.22. The predicted molar refractivity (Wildman–Crippen MR) is 65.1 cm³/mol. The van der Waals surface area contributed by atoms with Gasteiger partial charge in [0.2, 0.25) is 0 Å². The maximum Gasteiger partial charge on any atom is 0.0402 e. The Bertz CT molecular complexity index is 344. The van der Waals surface area contributed by atoms with Gasteiger partial charge in [-0.3, -0.25) is 0 Å². The zero-order valence-corrected chi connectivity index (χ0v) is 9.66. The molecule has 2 nitrogen and oxygen atoms in total. The van der Waals surface area contributed by atoms with Crippen LogP contribution in [0.3, 0.4) is 0 Å². The van der Waals surface area contributed by atoms with Crippen molar-refractivity contribution in [3.63, 3.8) is 0 Å². The molecule has 2 heteroatoms. The number of rotatable bonds is 3. The number of nitrogens with zero attached hydrogens (tertiary/aromatic N) is 1. The van der Waals surface area contributed by atoms with Gasteiger partial charge in [-0.2, -0.15) is 0 Å². The van der Waals surface area contributed by atoms with E-state index in [4.69, 9.17) is 5.73 Å². The second-order valence-electron chi connectivity index (χ2n) is 4.71. The number of fused-ring (bicyclic) bond motifs is 1. The van der Waals surface area contributed by atoms with Gasteiger partial charge in [0.1, 0.15) is 0 Å². The SMILES string of the molecule is CC(C)CN1CCc2c(CN)cccc21. The summed E-state index contributed by atoms with van der Waals surface area (Å²) in [5.41, 5.74) is 9.95. The number of benzene rings is 1. The Labute approximate surface area is 92.1 Å². The third-order valence-corrected chi connectivity index (χ3v) is 3.03. The average molecular weight is 204 g/mol. The van der Waals surface area contributed by atoms with Crippen LogP contribution in [0.5, 0.6) is 0 Å². The molecule has 0 bridgehead atoms. The van der Waals surface area contributed by atoms with Gasteiger partial charge in [-0.05, 0) is 29.5 Å². The van der Waals surface area contributed by atoms with Crippen LogP contribution in [-0.4, -0.2) is 13.1 Å². The van der Waals surface area contributed by atoms with Crippen molar-refractivity contribution in [3.05, 3.63) is 29.3 Å². The molecule has 0 spiro atoms. The van der Waals surface area contributed by atoms with E-state index in [-0.39, 0.29) is 0 Å². The Balaban J connectivity index is 2.27. The fraction of sp³-hybridized carbons (Fsp3) is 0.538. The molecule has 1 aromatic rings. The van der Waals surface area contributed by atoms with E-state index in [1.807, 2.05) is 0 Å². The molecule has 0 fully saturated rings. The molecule has 0 saturated carbocycles. The molecule has 0 radical (unpaired) electrons. The highest BCUT2D eigenvalue weighted by Crippen LogP contribution is 2.30. The Morgan fingerprint density at radius 1 is 1.40 bits per heavy atom. The van der Waals surface area contributed by atoms with Gasteiger partial charge in [-0.1, -0.05) is 26.0 Å². The lowest BCUT2D eigenvalue weighted by Crippen LogP contribution is -2.25. The molecule has 2 rings (SSSR count). The van der Waals surface area contributed by atoms with Crippen LogP contribution in [0.4, 0.5) is 5.69 Å². The van der Waals surface area contributed by atoms with E-state index in [1.54, 1.807) is 0 Å². The van der Waals surface area contributed by atoms with E-state index in [0.717, 1.165) is 25.4 Å². The van der Waals surface area contributed by atoms with Crippen LogP contribution < -0.4 is 10.6 Å². The van der Waals surface area contributed by atoms with Gasteiger partial charge in [0.25, 0.3) is 0 Å². The molecule has 1 aliphatic heterocycles. The minimum atomic E-state index is 0.665. The van der Waals surface area contributed by atoms with Crippen molar-refractivity contribution in [2.45, 2.75) is 26.8 Å².